The lowest BCUT2D eigenvalue weighted by atomic mass is 9.78. The highest BCUT2D eigenvalue weighted by Gasteiger charge is 2.54. The topological polar surface area (TPSA) is 158 Å². The van der Waals surface area contributed by atoms with Gasteiger partial charge < -0.3 is 29.4 Å². The van der Waals surface area contributed by atoms with E-state index in [9.17, 15) is 32.3 Å². The highest BCUT2D eigenvalue weighted by molar-refractivity contribution is 7.89. The van der Waals surface area contributed by atoms with Crippen LogP contribution >= 0.6 is 0 Å². The van der Waals surface area contributed by atoms with E-state index >= 15 is 0 Å². The summed E-state index contributed by atoms with van der Waals surface area (Å²) in [6.45, 7) is 2.29. The zero-order chi connectivity index (χ0) is 33.6. The predicted molar refractivity (Wildman–Crippen MR) is 166 cm³/mol. The monoisotopic (exact) mass is 674 g/mol. The van der Waals surface area contributed by atoms with Gasteiger partial charge in [0.25, 0.3) is 0 Å². The second-order valence-corrected chi connectivity index (χ2v) is 14.0. The fraction of sp³-hybridized carbons (Fsp3) is 0.485. The molecule has 0 aromatic heterocycles. The van der Waals surface area contributed by atoms with Crippen LogP contribution in [0.3, 0.4) is 0 Å². The molecule has 3 atom stereocenters. The molecule has 254 valence electrons. The number of nitrogens with zero attached hydrogens (tertiary/aromatic N) is 1. The van der Waals surface area contributed by atoms with E-state index in [0.29, 0.717) is 56.6 Å². The van der Waals surface area contributed by atoms with E-state index in [0.717, 1.165) is 0 Å². The summed E-state index contributed by atoms with van der Waals surface area (Å²) in [7, 11) is -4.02. The molecule has 14 heteroatoms. The summed E-state index contributed by atoms with van der Waals surface area (Å²) >= 11 is 0. The van der Waals surface area contributed by atoms with Gasteiger partial charge in [0.2, 0.25) is 16.3 Å². The van der Waals surface area contributed by atoms with E-state index in [2.05, 4.69) is 5.32 Å². The Morgan fingerprint density at radius 3 is 2.62 bits per heavy atom. The van der Waals surface area contributed by atoms with E-state index in [1.165, 1.54) is 35.5 Å². The average Bonchev–Trinajstić information content (AvgIpc) is 3.03. The smallest absolute Gasteiger partial charge is 0.410 e. The molecule has 2 unspecified atom stereocenters. The molecule has 2 fully saturated rings. The maximum absolute atomic E-state index is 14.0. The Bertz CT molecular complexity index is 1570. The molecule has 0 bridgehead atoms. The highest BCUT2D eigenvalue weighted by atomic mass is 32.2. The lowest BCUT2D eigenvalue weighted by molar-refractivity contribution is -0.173. The van der Waals surface area contributed by atoms with Gasteiger partial charge in [-0.05, 0) is 49.5 Å². The number of amides is 1. The van der Waals surface area contributed by atoms with Crippen molar-refractivity contribution in [3.8, 4) is 0 Å². The number of carbonyl (C=O) groups is 3. The number of allylic oxidation sites excluding steroid dienone is 6. The van der Waals surface area contributed by atoms with Crippen molar-refractivity contribution < 1.29 is 51.2 Å². The van der Waals surface area contributed by atoms with E-state index in [1.807, 2.05) is 24.3 Å². The van der Waals surface area contributed by atoms with Gasteiger partial charge in [0.1, 0.15) is 23.2 Å². The number of rotatable bonds is 12. The maximum Gasteiger partial charge on any atom is 0.410 e. The molecule has 12 nitrogen and oxygen atoms in total. The largest absolute Gasteiger partial charge is 0.484 e. The quantitative estimate of drug-likeness (QED) is 0.244. The van der Waals surface area contributed by atoms with Crippen LogP contribution in [0.25, 0.3) is 0 Å². The molecule has 2 aliphatic carbocycles. The number of halogens is 1. The molecule has 0 spiro atoms. The fourth-order valence-electron chi connectivity index (χ4n) is 5.97. The third-order valence-corrected chi connectivity index (χ3v) is 10.4. The summed E-state index contributed by atoms with van der Waals surface area (Å²) in [5.41, 5.74) is -0.546. The summed E-state index contributed by atoms with van der Waals surface area (Å²) in [6, 6.07) is 4.36. The number of ether oxygens (including phenoxy) is 4. The van der Waals surface area contributed by atoms with Crippen molar-refractivity contribution in [1.82, 2.24) is 9.62 Å². The van der Waals surface area contributed by atoms with Crippen LogP contribution in [0.4, 0.5) is 9.18 Å². The number of sulfonamides is 1. The minimum Gasteiger partial charge on any atom is -0.484 e. The van der Waals surface area contributed by atoms with E-state index in [-0.39, 0.29) is 42.1 Å². The van der Waals surface area contributed by atoms with Crippen molar-refractivity contribution in [2.45, 2.75) is 68.3 Å². The zero-order valence-electron chi connectivity index (χ0n) is 26.0. The number of alkyl carbamates (subject to hydrolysis) is 1. The Morgan fingerprint density at radius 1 is 1.17 bits per heavy atom. The van der Waals surface area contributed by atoms with Gasteiger partial charge in [-0.2, -0.15) is 4.31 Å². The second kappa shape index (κ2) is 14.8. The van der Waals surface area contributed by atoms with Gasteiger partial charge >= 0.3 is 18.0 Å². The first-order valence-electron chi connectivity index (χ1n) is 15.6. The second-order valence-electron chi connectivity index (χ2n) is 12.0. The van der Waals surface area contributed by atoms with Crippen molar-refractivity contribution >= 4 is 28.1 Å². The molecule has 2 aliphatic heterocycles. The number of aliphatic carboxylic acids is 1. The lowest BCUT2D eigenvalue weighted by Crippen LogP contribution is -2.67. The van der Waals surface area contributed by atoms with Gasteiger partial charge in [0.15, 0.2) is 0 Å². The van der Waals surface area contributed by atoms with Gasteiger partial charge in [-0.3, -0.25) is 4.79 Å². The molecule has 1 amide bonds. The van der Waals surface area contributed by atoms with E-state index in [1.54, 1.807) is 12.1 Å². The van der Waals surface area contributed by atoms with Crippen LogP contribution in [0, 0.1) is 11.8 Å². The number of esters is 1. The summed E-state index contributed by atoms with van der Waals surface area (Å²) < 4.78 is 64.4. The Kier molecular flexibility index (Phi) is 10.8. The summed E-state index contributed by atoms with van der Waals surface area (Å²) in [6.07, 6.45) is 10.7. The molecule has 2 heterocycles. The van der Waals surface area contributed by atoms with Gasteiger partial charge in [-0.1, -0.05) is 36.4 Å². The normalized spacial score (nSPS) is 22.6. The first-order valence-corrected chi connectivity index (χ1v) is 17.0. The van der Waals surface area contributed by atoms with Crippen LogP contribution in [0.5, 0.6) is 0 Å². The lowest BCUT2D eigenvalue weighted by Gasteiger charge is -2.52. The van der Waals surface area contributed by atoms with Crippen molar-refractivity contribution in [3.63, 3.8) is 0 Å². The number of hydrogen-bond acceptors (Lipinski definition) is 9. The van der Waals surface area contributed by atoms with Crippen molar-refractivity contribution in [1.29, 1.82) is 0 Å². The van der Waals surface area contributed by atoms with E-state index in [4.69, 9.17) is 18.9 Å². The van der Waals surface area contributed by atoms with Crippen LogP contribution in [0.2, 0.25) is 0 Å². The molecular formula is C33H39FN2O10S. The SMILES string of the molecule is CC(OC(=O)N[C@@H](Cc1cccc(S(=O)(=O)N2CC(OC3=CCCC(F)=C3)(C3C=CC=CC3)C2)c1)C(=O)O)OC(=O)C1CCOCC1. The molecule has 0 radical (unpaired) electrons. The minimum atomic E-state index is -4.02. The Hall–Kier alpha value is -4.01. The van der Waals surface area contributed by atoms with Crippen LogP contribution in [0.1, 0.15) is 44.6 Å². The molecule has 1 aromatic carbocycles. The standard InChI is InChI=1S/C33H39FN2O10S/c1-22(44-31(39)24-13-15-43-16-14-24)45-32(40)35-29(30(37)38)18-23-7-5-12-28(17-23)47(41,42)36-20-33(21-36,25-8-3-2-4-9-25)46-27-11-6-10-26(34)19-27/h2-5,7-8,11-12,17,19,22,24-25,29H,6,9-10,13-16,18,20-21H2,1H3,(H,35,40)(H,37,38)/t22?,25?,29-/m0/s1. The minimum absolute atomic E-state index is 0.0393. The van der Waals surface area contributed by atoms with Gasteiger partial charge in [0.05, 0.1) is 23.9 Å². The third kappa shape index (κ3) is 8.48. The van der Waals surface area contributed by atoms with Crippen LogP contribution < -0.4 is 5.32 Å². The Morgan fingerprint density at radius 2 is 1.94 bits per heavy atom. The molecular weight excluding hydrogens is 635 g/mol. The Labute approximate surface area is 272 Å². The van der Waals surface area contributed by atoms with Crippen molar-refractivity contribution in [2.24, 2.45) is 11.8 Å². The highest BCUT2D eigenvalue weighted by Crippen LogP contribution is 2.42. The molecule has 2 saturated heterocycles. The zero-order valence-corrected chi connectivity index (χ0v) is 26.8. The number of carboxylic acids is 1. The number of carboxylic acid groups (broad SMARTS) is 1. The van der Waals surface area contributed by atoms with Crippen LogP contribution in [0.15, 0.2) is 77.2 Å². The fourth-order valence-corrected chi connectivity index (χ4v) is 7.60. The molecule has 5 rings (SSSR count). The molecule has 2 N–H and O–H groups in total. The Balaban J connectivity index is 1.21. The van der Waals surface area contributed by atoms with Crippen LogP contribution in [-0.2, 0) is 45.0 Å². The summed E-state index contributed by atoms with van der Waals surface area (Å²) in [5.74, 6) is -2.30. The third-order valence-electron chi connectivity index (χ3n) is 8.57. The molecule has 0 saturated carbocycles. The summed E-state index contributed by atoms with van der Waals surface area (Å²) in [5, 5.41) is 12.0. The van der Waals surface area contributed by atoms with E-state index < -0.39 is 46.0 Å². The molecule has 1 aromatic rings. The number of benzene rings is 1. The molecule has 47 heavy (non-hydrogen) atoms. The first kappa shape index (κ1) is 34.3. The first-order chi connectivity index (χ1) is 22.4. The van der Waals surface area contributed by atoms with Crippen LogP contribution in [-0.4, -0.2) is 80.1 Å². The molecule has 4 aliphatic rings. The predicted octanol–water partition coefficient (Wildman–Crippen LogP) is 4.15. The number of carbonyl (C=O) groups excluding carboxylic acids is 2. The van der Waals surface area contributed by atoms with Gasteiger partial charge in [-0.25, -0.2) is 22.4 Å². The number of nitrogens with one attached hydrogen (secondary N) is 1. The van der Waals surface area contributed by atoms with Crippen molar-refractivity contribution in [2.75, 3.05) is 26.3 Å². The van der Waals surface area contributed by atoms with Crippen molar-refractivity contribution in [3.05, 3.63) is 77.9 Å². The number of hydrogen-bond donors (Lipinski definition) is 2. The average molecular weight is 675 g/mol. The summed E-state index contributed by atoms with van der Waals surface area (Å²) in [4.78, 5) is 36.7. The maximum atomic E-state index is 14.0. The van der Waals surface area contributed by atoms with Gasteiger partial charge in [0, 0.05) is 45.0 Å². The van der Waals surface area contributed by atoms with Gasteiger partial charge in [-0.15, -0.1) is 0 Å².